The maximum atomic E-state index is 6.43. The molecule has 2 aliphatic rings. The van der Waals surface area contributed by atoms with Crippen molar-refractivity contribution in [3.8, 4) is 51.3 Å². The molecule has 0 fully saturated rings. The molecular formula is C33H21BN2O3. The van der Waals surface area contributed by atoms with Crippen LogP contribution in [0.15, 0.2) is 109 Å². The van der Waals surface area contributed by atoms with E-state index >= 15 is 0 Å². The highest BCUT2D eigenvalue weighted by Gasteiger charge is 2.40. The Morgan fingerprint density at radius 1 is 0.641 bits per heavy atom. The largest absolute Gasteiger partial charge is 0.497 e. The van der Waals surface area contributed by atoms with Crippen molar-refractivity contribution < 1.29 is 14.2 Å². The first-order valence-corrected chi connectivity index (χ1v) is 12.9. The van der Waals surface area contributed by atoms with Gasteiger partial charge in [0, 0.05) is 40.4 Å². The Hall–Kier alpha value is -5.10. The zero-order valence-electron chi connectivity index (χ0n) is 21.1. The van der Waals surface area contributed by atoms with E-state index < -0.39 is 0 Å². The van der Waals surface area contributed by atoms with E-state index in [9.17, 15) is 0 Å². The lowest BCUT2D eigenvalue weighted by atomic mass is 9.34. The zero-order valence-corrected chi connectivity index (χ0v) is 21.1. The molecule has 0 amide bonds. The molecule has 4 heterocycles. The van der Waals surface area contributed by atoms with Crippen molar-refractivity contribution in [2.45, 2.75) is 0 Å². The number of pyridine rings is 2. The molecule has 0 radical (unpaired) electrons. The highest BCUT2D eigenvalue weighted by molar-refractivity contribution is 6.98. The van der Waals surface area contributed by atoms with Gasteiger partial charge in [0.15, 0.2) is 0 Å². The Morgan fingerprint density at radius 2 is 1.36 bits per heavy atom. The second-order valence-corrected chi connectivity index (χ2v) is 9.77. The van der Waals surface area contributed by atoms with Crippen LogP contribution in [0.5, 0.6) is 28.7 Å². The van der Waals surface area contributed by atoms with E-state index in [0.29, 0.717) is 0 Å². The molecule has 184 valence electrons. The van der Waals surface area contributed by atoms with Gasteiger partial charge < -0.3 is 14.2 Å². The Balaban J connectivity index is 1.34. The summed E-state index contributed by atoms with van der Waals surface area (Å²) in [6.07, 6.45) is 3.64. The standard InChI is InChI=1S/C33H21BN2O3/c1-37-23-14-16-35-27(19-23)21-9-11-28-25(17-21)34-26-18-22(33-24-6-3-2-5-20(24)13-15-36-33)10-12-29(26)39-31-8-4-7-30(38-28)32(31)34/h2-19H,1H3. The maximum Gasteiger partial charge on any atom is 0.260 e. The van der Waals surface area contributed by atoms with Crippen molar-refractivity contribution in [1.29, 1.82) is 0 Å². The summed E-state index contributed by atoms with van der Waals surface area (Å²) in [5.74, 6) is 4.07. The van der Waals surface area contributed by atoms with Crippen LogP contribution in [0.1, 0.15) is 0 Å². The van der Waals surface area contributed by atoms with Crippen molar-refractivity contribution in [3.63, 3.8) is 0 Å². The summed E-state index contributed by atoms with van der Waals surface area (Å²) in [5.41, 5.74) is 7.04. The van der Waals surface area contributed by atoms with Gasteiger partial charge >= 0.3 is 0 Å². The predicted molar refractivity (Wildman–Crippen MR) is 155 cm³/mol. The van der Waals surface area contributed by atoms with Crippen LogP contribution in [0.3, 0.4) is 0 Å². The predicted octanol–water partition coefficient (Wildman–Crippen LogP) is 5.70. The van der Waals surface area contributed by atoms with Crippen LogP contribution in [0.25, 0.3) is 33.3 Å². The number of nitrogens with zero attached hydrogens (tertiary/aromatic N) is 2. The first-order chi connectivity index (χ1) is 19.3. The fourth-order valence-electron chi connectivity index (χ4n) is 5.79. The Bertz CT molecular complexity index is 1920. The summed E-state index contributed by atoms with van der Waals surface area (Å²) in [6.45, 7) is -0.0656. The van der Waals surface area contributed by atoms with Crippen molar-refractivity contribution in [2.24, 2.45) is 0 Å². The lowest BCUT2D eigenvalue weighted by Crippen LogP contribution is -2.57. The number of hydrogen-bond donors (Lipinski definition) is 0. The maximum absolute atomic E-state index is 6.43. The summed E-state index contributed by atoms with van der Waals surface area (Å²) in [4.78, 5) is 9.39. The van der Waals surface area contributed by atoms with Gasteiger partial charge in [-0.05, 0) is 64.8 Å². The van der Waals surface area contributed by atoms with Gasteiger partial charge in [-0.15, -0.1) is 0 Å². The van der Waals surface area contributed by atoms with Crippen LogP contribution in [-0.2, 0) is 0 Å². The molecule has 2 aliphatic heterocycles. The second-order valence-electron chi connectivity index (χ2n) is 9.77. The number of benzene rings is 4. The van der Waals surface area contributed by atoms with Crippen LogP contribution in [0.2, 0.25) is 0 Å². The molecule has 4 aromatic carbocycles. The normalized spacial score (nSPS) is 12.6. The number of ether oxygens (including phenoxy) is 3. The Labute approximate surface area is 225 Å². The fraction of sp³-hybridized carbons (Fsp3) is 0.0303. The molecular weight excluding hydrogens is 483 g/mol. The molecule has 6 aromatic rings. The molecule has 0 bridgehead atoms. The minimum Gasteiger partial charge on any atom is -0.497 e. The molecule has 5 nitrogen and oxygen atoms in total. The Morgan fingerprint density at radius 3 is 2.15 bits per heavy atom. The third kappa shape index (κ3) is 3.42. The summed E-state index contributed by atoms with van der Waals surface area (Å²) < 4.78 is 18.3. The third-order valence-electron chi connectivity index (χ3n) is 7.61. The second kappa shape index (κ2) is 8.46. The third-order valence-corrected chi connectivity index (χ3v) is 7.61. The number of aromatic nitrogens is 2. The molecule has 39 heavy (non-hydrogen) atoms. The molecule has 0 saturated heterocycles. The molecule has 0 spiro atoms. The van der Waals surface area contributed by atoms with E-state index in [1.54, 1.807) is 13.3 Å². The molecule has 8 rings (SSSR count). The minimum atomic E-state index is -0.0656. The molecule has 0 saturated carbocycles. The summed E-state index contributed by atoms with van der Waals surface area (Å²) in [7, 11) is 1.67. The molecule has 0 N–H and O–H groups in total. The molecule has 6 heteroatoms. The molecule has 0 atom stereocenters. The zero-order chi connectivity index (χ0) is 25.9. The van der Waals surface area contributed by atoms with Crippen LogP contribution in [-0.4, -0.2) is 23.8 Å². The van der Waals surface area contributed by atoms with Crippen LogP contribution in [0.4, 0.5) is 0 Å². The number of fused-ring (bicyclic) bond motifs is 5. The average Bonchev–Trinajstić information content (AvgIpc) is 3.00. The van der Waals surface area contributed by atoms with Crippen molar-refractivity contribution >= 4 is 33.9 Å². The number of methoxy groups -OCH3 is 1. The van der Waals surface area contributed by atoms with Gasteiger partial charge in [-0.2, -0.15) is 0 Å². The summed E-state index contributed by atoms with van der Waals surface area (Å²) in [6, 6.07) is 32.8. The lowest BCUT2D eigenvalue weighted by Gasteiger charge is -2.33. The molecule has 0 unspecified atom stereocenters. The molecule has 2 aromatic heterocycles. The minimum absolute atomic E-state index is 0.0656. The first-order valence-electron chi connectivity index (χ1n) is 12.9. The van der Waals surface area contributed by atoms with E-state index in [-0.39, 0.29) is 6.71 Å². The van der Waals surface area contributed by atoms with E-state index in [0.717, 1.165) is 78.4 Å². The van der Waals surface area contributed by atoms with Gasteiger partial charge in [0.2, 0.25) is 0 Å². The smallest absolute Gasteiger partial charge is 0.260 e. The Kier molecular flexibility index (Phi) is 4.76. The van der Waals surface area contributed by atoms with Crippen LogP contribution >= 0.6 is 0 Å². The lowest BCUT2D eigenvalue weighted by molar-refractivity contribution is 0.414. The van der Waals surface area contributed by atoms with Gasteiger partial charge in [-0.1, -0.05) is 42.5 Å². The van der Waals surface area contributed by atoms with Crippen LogP contribution < -0.4 is 30.6 Å². The van der Waals surface area contributed by atoms with Gasteiger partial charge in [-0.25, -0.2) is 0 Å². The van der Waals surface area contributed by atoms with Crippen LogP contribution in [0, 0.1) is 0 Å². The average molecular weight is 504 g/mol. The highest BCUT2D eigenvalue weighted by Crippen LogP contribution is 2.37. The van der Waals surface area contributed by atoms with Crippen molar-refractivity contribution in [2.75, 3.05) is 7.11 Å². The van der Waals surface area contributed by atoms with E-state index in [4.69, 9.17) is 19.2 Å². The number of rotatable bonds is 3. The van der Waals surface area contributed by atoms with E-state index in [1.807, 2.05) is 54.7 Å². The van der Waals surface area contributed by atoms with Gasteiger partial charge in [0.1, 0.15) is 28.7 Å². The van der Waals surface area contributed by atoms with Gasteiger partial charge in [0.25, 0.3) is 6.71 Å². The summed E-state index contributed by atoms with van der Waals surface area (Å²) >= 11 is 0. The van der Waals surface area contributed by atoms with E-state index in [2.05, 4.69) is 53.5 Å². The quantitative estimate of drug-likeness (QED) is 0.289. The highest BCUT2D eigenvalue weighted by atomic mass is 16.5. The molecule has 0 aliphatic carbocycles. The SMILES string of the molecule is COc1ccnc(-c2ccc3c(c2)B2c4cc(-c5nccc6ccccc56)ccc4Oc4cccc(c42)O3)c1. The monoisotopic (exact) mass is 504 g/mol. The van der Waals surface area contributed by atoms with Crippen molar-refractivity contribution in [3.05, 3.63) is 109 Å². The van der Waals surface area contributed by atoms with Crippen molar-refractivity contribution in [1.82, 2.24) is 9.97 Å². The number of hydrogen-bond acceptors (Lipinski definition) is 5. The first kappa shape index (κ1) is 21.9. The fourth-order valence-corrected chi connectivity index (χ4v) is 5.79. The van der Waals surface area contributed by atoms with E-state index in [1.165, 1.54) is 0 Å². The van der Waals surface area contributed by atoms with Gasteiger partial charge in [-0.3, -0.25) is 9.97 Å². The van der Waals surface area contributed by atoms with Gasteiger partial charge in [0.05, 0.1) is 18.5 Å². The summed E-state index contributed by atoms with van der Waals surface area (Å²) in [5, 5.41) is 2.28. The topological polar surface area (TPSA) is 53.5 Å².